The fourth-order valence-corrected chi connectivity index (χ4v) is 1.15. The Morgan fingerprint density at radius 1 is 1.42 bits per heavy atom. The number of hydrogen-bond acceptors (Lipinski definition) is 3. The zero-order chi connectivity index (χ0) is 9.35. The van der Waals surface area contributed by atoms with E-state index in [9.17, 15) is 0 Å². The highest BCUT2D eigenvalue weighted by Gasteiger charge is 2.19. The molecule has 1 rings (SSSR count). The molecule has 12 heavy (non-hydrogen) atoms. The van der Waals surface area contributed by atoms with Crippen molar-refractivity contribution in [1.29, 1.82) is 0 Å². The number of nitrogens with zero attached hydrogens (tertiary/aromatic N) is 3. The highest BCUT2D eigenvalue weighted by molar-refractivity contribution is 6.28. The summed E-state index contributed by atoms with van der Waals surface area (Å²) in [5, 5.41) is 4.40. The largest absolute Gasteiger partial charge is 0.466 e. The van der Waals surface area contributed by atoms with Crippen LogP contribution in [-0.4, -0.2) is 21.9 Å². The van der Waals surface area contributed by atoms with Crippen molar-refractivity contribution in [2.75, 3.05) is 7.11 Å². The molecule has 1 heterocycles. The summed E-state index contributed by atoms with van der Waals surface area (Å²) in [5.41, 5.74) is -0.166. The first-order valence-electron chi connectivity index (χ1n) is 3.62. The molecule has 0 aliphatic rings. The molecular weight excluding hydrogens is 178 g/mol. The molecule has 0 amide bonds. The van der Waals surface area contributed by atoms with Crippen LogP contribution in [0.15, 0.2) is 0 Å². The molecule has 1 aromatic heterocycles. The van der Waals surface area contributed by atoms with E-state index in [1.165, 1.54) is 7.11 Å². The van der Waals surface area contributed by atoms with E-state index >= 15 is 0 Å². The Hall–Kier alpha value is -0.770. The molecule has 0 aromatic carbocycles. The molecule has 0 radical (unpaired) electrons. The van der Waals surface area contributed by atoms with E-state index in [-0.39, 0.29) is 5.54 Å². The lowest BCUT2D eigenvalue weighted by atomic mass is 10.1. The molecule has 1 aromatic rings. The van der Waals surface area contributed by atoms with Gasteiger partial charge >= 0.3 is 6.01 Å². The van der Waals surface area contributed by atoms with Crippen LogP contribution >= 0.6 is 11.6 Å². The number of methoxy groups -OCH3 is 1. The Labute approximate surface area is 76.5 Å². The quantitative estimate of drug-likeness (QED) is 0.675. The second-order valence-electron chi connectivity index (χ2n) is 3.45. The average molecular weight is 190 g/mol. The topological polar surface area (TPSA) is 39.9 Å². The van der Waals surface area contributed by atoms with Gasteiger partial charge in [-0.1, -0.05) is 0 Å². The van der Waals surface area contributed by atoms with Gasteiger partial charge in [-0.15, -0.1) is 5.10 Å². The van der Waals surface area contributed by atoms with Gasteiger partial charge in [0, 0.05) is 0 Å². The van der Waals surface area contributed by atoms with Gasteiger partial charge in [-0.25, -0.2) is 4.68 Å². The second kappa shape index (κ2) is 2.94. The number of rotatable bonds is 1. The van der Waals surface area contributed by atoms with E-state index in [2.05, 4.69) is 10.1 Å². The van der Waals surface area contributed by atoms with Gasteiger partial charge < -0.3 is 4.74 Å². The van der Waals surface area contributed by atoms with Crippen molar-refractivity contribution >= 4 is 11.6 Å². The van der Waals surface area contributed by atoms with E-state index in [4.69, 9.17) is 16.3 Å². The third kappa shape index (κ3) is 1.69. The Kier molecular flexibility index (Phi) is 2.28. The smallest absolute Gasteiger partial charge is 0.336 e. The van der Waals surface area contributed by atoms with Crippen molar-refractivity contribution in [3.63, 3.8) is 0 Å². The molecule has 0 spiro atoms. The third-order valence-corrected chi connectivity index (χ3v) is 1.61. The predicted octanol–water partition coefficient (Wildman–Crippen LogP) is 1.70. The summed E-state index contributed by atoms with van der Waals surface area (Å²) in [7, 11) is 1.51. The highest BCUT2D eigenvalue weighted by atomic mass is 35.5. The molecule has 0 saturated heterocycles. The predicted molar refractivity (Wildman–Crippen MR) is 46.6 cm³/mol. The summed E-state index contributed by atoms with van der Waals surface area (Å²) in [6.45, 7) is 5.98. The van der Waals surface area contributed by atoms with Gasteiger partial charge in [0.05, 0.1) is 12.6 Å². The van der Waals surface area contributed by atoms with Crippen molar-refractivity contribution in [2.45, 2.75) is 26.3 Å². The summed E-state index contributed by atoms with van der Waals surface area (Å²) >= 11 is 5.82. The van der Waals surface area contributed by atoms with E-state index < -0.39 is 0 Å². The van der Waals surface area contributed by atoms with Gasteiger partial charge in [0.2, 0.25) is 5.28 Å². The van der Waals surface area contributed by atoms with Gasteiger partial charge in [-0.2, -0.15) is 4.98 Å². The summed E-state index contributed by atoms with van der Waals surface area (Å²) in [6, 6.07) is 0.301. The normalized spacial score (nSPS) is 11.8. The van der Waals surface area contributed by atoms with E-state index in [0.29, 0.717) is 11.3 Å². The zero-order valence-electron chi connectivity index (χ0n) is 7.63. The number of ether oxygens (including phenoxy) is 1. The lowest BCUT2D eigenvalue weighted by Gasteiger charge is -2.18. The van der Waals surface area contributed by atoms with E-state index in [1.54, 1.807) is 4.68 Å². The van der Waals surface area contributed by atoms with Crippen LogP contribution in [0, 0.1) is 0 Å². The molecule has 68 valence electrons. The molecule has 0 atom stereocenters. The summed E-state index contributed by atoms with van der Waals surface area (Å²) in [6.07, 6.45) is 0. The molecule has 0 fully saturated rings. The molecule has 0 N–H and O–H groups in total. The minimum Gasteiger partial charge on any atom is -0.466 e. The van der Waals surface area contributed by atoms with Crippen molar-refractivity contribution in [3.05, 3.63) is 5.28 Å². The highest BCUT2D eigenvalue weighted by Crippen LogP contribution is 2.20. The van der Waals surface area contributed by atoms with E-state index in [0.717, 1.165) is 0 Å². The third-order valence-electron chi connectivity index (χ3n) is 1.37. The average Bonchev–Trinajstić information content (AvgIpc) is 2.29. The zero-order valence-corrected chi connectivity index (χ0v) is 8.38. The van der Waals surface area contributed by atoms with E-state index in [1.807, 2.05) is 20.8 Å². The molecule has 5 heteroatoms. The van der Waals surface area contributed by atoms with Crippen molar-refractivity contribution in [2.24, 2.45) is 0 Å². The summed E-state index contributed by atoms with van der Waals surface area (Å²) < 4.78 is 6.46. The Balaban J connectivity index is 3.08. The molecule has 4 nitrogen and oxygen atoms in total. The van der Waals surface area contributed by atoms with Crippen LogP contribution in [0.3, 0.4) is 0 Å². The minimum atomic E-state index is -0.166. The van der Waals surface area contributed by atoms with Crippen LogP contribution in [0.4, 0.5) is 0 Å². The van der Waals surface area contributed by atoms with Gasteiger partial charge in [0.1, 0.15) is 0 Å². The molecule has 0 unspecified atom stereocenters. The maximum Gasteiger partial charge on any atom is 0.336 e. The fraction of sp³-hybridized carbons (Fsp3) is 0.714. The first kappa shape index (κ1) is 9.32. The second-order valence-corrected chi connectivity index (χ2v) is 3.79. The van der Waals surface area contributed by atoms with Crippen LogP contribution in [-0.2, 0) is 5.54 Å². The Morgan fingerprint density at radius 2 is 2.00 bits per heavy atom. The summed E-state index contributed by atoms with van der Waals surface area (Å²) in [4.78, 5) is 3.89. The molecule has 0 saturated carbocycles. The molecule has 0 aliphatic heterocycles. The van der Waals surface area contributed by atoms with Crippen LogP contribution in [0.2, 0.25) is 5.28 Å². The first-order valence-corrected chi connectivity index (χ1v) is 4.00. The van der Waals surface area contributed by atoms with Crippen LogP contribution < -0.4 is 4.74 Å². The lowest BCUT2D eigenvalue weighted by Crippen LogP contribution is -2.23. The first-order chi connectivity index (χ1) is 5.45. The van der Waals surface area contributed by atoms with Crippen molar-refractivity contribution in [3.8, 4) is 6.01 Å². The fourth-order valence-electron chi connectivity index (χ4n) is 0.789. The van der Waals surface area contributed by atoms with Crippen LogP contribution in [0.25, 0.3) is 0 Å². The van der Waals surface area contributed by atoms with Crippen molar-refractivity contribution in [1.82, 2.24) is 14.8 Å². The van der Waals surface area contributed by atoms with Crippen LogP contribution in [0.1, 0.15) is 20.8 Å². The van der Waals surface area contributed by atoms with Crippen LogP contribution in [0.5, 0.6) is 6.01 Å². The molecular formula is C7H12ClN3O. The maximum absolute atomic E-state index is 5.82. The van der Waals surface area contributed by atoms with Gasteiger partial charge in [-0.05, 0) is 32.4 Å². The lowest BCUT2D eigenvalue weighted by molar-refractivity contribution is 0.329. The van der Waals surface area contributed by atoms with Gasteiger partial charge in [0.15, 0.2) is 0 Å². The number of halogens is 1. The maximum atomic E-state index is 5.82. The summed E-state index contributed by atoms with van der Waals surface area (Å²) in [5.74, 6) is 0. The molecule has 0 bridgehead atoms. The standard InChI is InChI=1S/C7H12ClN3O/c1-7(2,3)11-5(8)9-6(10-11)12-4/h1-4H3. The Bertz CT molecular complexity index is 277. The molecule has 0 aliphatic carbocycles. The van der Waals surface area contributed by atoms with Crippen molar-refractivity contribution < 1.29 is 4.74 Å². The minimum absolute atomic E-state index is 0.166. The Morgan fingerprint density at radius 3 is 2.25 bits per heavy atom. The SMILES string of the molecule is COc1nc(Cl)n(C(C)(C)C)n1. The number of hydrogen-bond donors (Lipinski definition) is 0. The van der Waals surface area contributed by atoms with Gasteiger partial charge in [0.25, 0.3) is 0 Å². The number of aromatic nitrogens is 3. The monoisotopic (exact) mass is 189 g/mol. The van der Waals surface area contributed by atoms with Gasteiger partial charge in [-0.3, -0.25) is 0 Å².